The van der Waals surface area contributed by atoms with Gasteiger partial charge in [-0.25, -0.2) is 0 Å². The van der Waals surface area contributed by atoms with Crippen molar-refractivity contribution < 1.29 is 14.7 Å². The number of hydrogen-bond acceptors (Lipinski definition) is 5. The number of aliphatic carboxylic acids is 1. The Morgan fingerprint density at radius 2 is 2.37 bits per heavy atom. The average Bonchev–Trinajstić information content (AvgIpc) is 2.75. The van der Waals surface area contributed by atoms with Crippen molar-refractivity contribution in [3.8, 4) is 0 Å². The molecule has 2 heterocycles. The van der Waals surface area contributed by atoms with Crippen LogP contribution in [0.2, 0.25) is 0 Å². The average molecular weight is 283 g/mol. The second kappa shape index (κ2) is 5.87. The van der Waals surface area contributed by atoms with E-state index in [0.29, 0.717) is 18.1 Å². The van der Waals surface area contributed by atoms with E-state index in [1.165, 1.54) is 6.07 Å². The monoisotopic (exact) mass is 283 g/mol. The third kappa shape index (κ3) is 3.82. The molecule has 1 aromatic rings. The van der Waals surface area contributed by atoms with E-state index in [-0.39, 0.29) is 17.7 Å². The Morgan fingerprint density at radius 1 is 1.58 bits per heavy atom. The highest BCUT2D eigenvalue weighted by molar-refractivity contribution is 7.99. The van der Waals surface area contributed by atoms with Gasteiger partial charge < -0.3 is 15.0 Å². The number of nitrogens with one attached hydrogen (secondary N) is 1. The van der Waals surface area contributed by atoms with Crippen molar-refractivity contribution in [1.29, 1.82) is 0 Å². The molecule has 7 nitrogen and oxygen atoms in total. The van der Waals surface area contributed by atoms with E-state index in [0.717, 1.165) is 18.2 Å². The highest BCUT2D eigenvalue weighted by Gasteiger charge is 2.21. The quantitative estimate of drug-likeness (QED) is 0.568. The molecule has 0 saturated carbocycles. The number of rotatable bonds is 5. The van der Waals surface area contributed by atoms with Gasteiger partial charge in [0, 0.05) is 31.3 Å². The van der Waals surface area contributed by atoms with E-state index in [1.807, 2.05) is 0 Å². The molecule has 1 amide bonds. The van der Waals surface area contributed by atoms with Crippen LogP contribution >= 0.6 is 11.8 Å². The molecular formula is C11H13N3O4S. The summed E-state index contributed by atoms with van der Waals surface area (Å²) >= 11 is 0.993. The van der Waals surface area contributed by atoms with E-state index in [2.05, 4.69) is 10.3 Å². The highest BCUT2D eigenvalue weighted by atomic mass is 32.2. The predicted molar refractivity (Wildman–Crippen MR) is 68.0 cm³/mol. The van der Waals surface area contributed by atoms with Gasteiger partial charge in [0.05, 0.1) is 5.75 Å². The minimum Gasteiger partial charge on any atom is -0.481 e. The molecule has 1 saturated heterocycles. The van der Waals surface area contributed by atoms with Gasteiger partial charge in [-0.15, -0.1) is 0 Å². The maximum atomic E-state index is 11.2. The molecule has 0 bridgehead atoms. The van der Waals surface area contributed by atoms with Gasteiger partial charge in [-0.2, -0.15) is 4.98 Å². The van der Waals surface area contributed by atoms with Crippen LogP contribution in [-0.2, 0) is 16.1 Å². The zero-order valence-corrected chi connectivity index (χ0v) is 10.9. The van der Waals surface area contributed by atoms with E-state index in [9.17, 15) is 14.4 Å². The van der Waals surface area contributed by atoms with Crippen molar-refractivity contribution >= 4 is 23.6 Å². The molecule has 1 atom stereocenters. The SMILES string of the molecule is O=C(O)CSc1nc(=O)ccn1CC1CCC(=O)N1. The molecule has 0 aromatic carbocycles. The Labute approximate surface area is 113 Å². The van der Waals surface area contributed by atoms with Crippen molar-refractivity contribution in [3.05, 3.63) is 22.6 Å². The maximum Gasteiger partial charge on any atom is 0.313 e. The summed E-state index contributed by atoms with van der Waals surface area (Å²) in [6, 6.07) is 1.32. The number of nitrogens with zero attached hydrogens (tertiary/aromatic N) is 2. The maximum absolute atomic E-state index is 11.2. The van der Waals surface area contributed by atoms with Gasteiger partial charge in [0.1, 0.15) is 0 Å². The van der Waals surface area contributed by atoms with Crippen LogP contribution in [0.3, 0.4) is 0 Å². The number of amides is 1. The Bertz CT molecular complexity index is 557. The Morgan fingerprint density at radius 3 is 3.00 bits per heavy atom. The minimum absolute atomic E-state index is 0.000908. The first-order chi connectivity index (χ1) is 9.04. The standard InChI is InChI=1S/C11H13N3O4S/c15-8-2-1-7(12-8)5-14-4-3-9(16)13-11(14)19-6-10(17)18/h3-4,7H,1-2,5-6H2,(H,12,15)(H,17,18). The molecule has 1 aliphatic rings. The predicted octanol–water partition coefficient (Wildman–Crippen LogP) is -0.301. The summed E-state index contributed by atoms with van der Waals surface area (Å²) < 4.78 is 1.70. The second-order valence-corrected chi connectivity index (χ2v) is 5.13. The second-order valence-electron chi connectivity index (χ2n) is 4.19. The lowest BCUT2D eigenvalue weighted by Gasteiger charge is -2.15. The number of carbonyl (C=O) groups is 2. The summed E-state index contributed by atoms with van der Waals surface area (Å²) in [5, 5.41) is 11.8. The summed E-state index contributed by atoms with van der Waals surface area (Å²) in [7, 11) is 0. The summed E-state index contributed by atoms with van der Waals surface area (Å²) in [6.07, 6.45) is 2.80. The van der Waals surface area contributed by atoms with Crippen molar-refractivity contribution in [2.75, 3.05) is 5.75 Å². The number of carboxylic acid groups (broad SMARTS) is 1. The molecule has 0 aliphatic carbocycles. The number of aromatic nitrogens is 2. The first kappa shape index (κ1) is 13.6. The highest BCUT2D eigenvalue weighted by Crippen LogP contribution is 2.16. The minimum atomic E-state index is -0.969. The normalized spacial score (nSPS) is 18.3. The molecular weight excluding hydrogens is 270 g/mol. The molecule has 1 aliphatic heterocycles. The lowest BCUT2D eigenvalue weighted by atomic mass is 10.2. The third-order valence-electron chi connectivity index (χ3n) is 2.68. The molecule has 2 rings (SSSR count). The van der Waals surface area contributed by atoms with Gasteiger partial charge in [0.25, 0.3) is 5.56 Å². The van der Waals surface area contributed by atoms with Crippen LogP contribution in [0.1, 0.15) is 12.8 Å². The van der Waals surface area contributed by atoms with Crippen LogP contribution in [0, 0.1) is 0 Å². The molecule has 2 N–H and O–H groups in total. The Balaban J connectivity index is 2.11. The molecule has 0 spiro atoms. The van der Waals surface area contributed by atoms with E-state index in [1.54, 1.807) is 10.8 Å². The zero-order valence-electron chi connectivity index (χ0n) is 10.0. The van der Waals surface area contributed by atoms with E-state index >= 15 is 0 Å². The summed E-state index contributed by atoms with van der Waals surface area (Å²) in [6.45, 7) is 0.487. The van der Waals surface area contributed by atoms with Gasteiger partial charge in [0.2, 0.25) is 5.91 Å². The number of hydrogen-bond donors (Lipinski definition) is 2. The van der Waals surface area contributed by atoms with Crippen LogP contribution in [-0.4, -0.2) is 38.3 Å². The number of carboxylic acids is 1. The van der Waals surface area contributed by atoms with Crippen LogP contribution in [0.4, 0.5) is 0 Å². The number of thioether (sulfide) groups is 1. The largest absolute Gasteiger partial charge is 0.481 e. The van der Waals surface area contributed by atoms with Crippen LogP contribution in [0.15, 0.2) is 22.2 Å². The van der Waals surface area contributed by atoms with Crippen molar-refractivity contribution in [2.24, 2.45) is 0 Å². The molecule has 0 radical (unpaired) electrons. The van der Waals surface area contributed by atoms with E-state index in [4.69, 9.17) is 5.11 Å². The fourth-order valence-corrected chi connectivity index (χ4v) is 2.55. The first-order valence-electron chi connectivity index (χ1n) is 5.76. The Hall–Kier alpha value is -1.83. The molecule has 102 valence electrons. The lowest BCUT2D eigenvalue weighted by molar-refractivity contribution is -0.133. The topological polar surface area (TPSA) is 101 Å². The van der Waals surface area contributed by atoms with Crippen LogP contribution < -0.4 is 10.9 Å². The molecule has 1 aromatic heterocycles. The first-order valence-corrected chi connectivity index (χ1v) is 6.74. The smallest absolute Gasteiger partial charge is 0.313 e. The van der Waals surface area contributed by atoms with Gasteiger partial charge >= 0.3 is 5.97 Å². The fraction of sp³-hybridized carbons (Fsp3) is 0.455. The van der Waals surface area contributed by atoms with Crippen LogP contribution in [0.5, 0.6) is 0 Å². The zero-order chi connectivity index (χ0) is 13.8. The van der Waals surface area contributed by atoms with Crippen LogP contribution in [0.25, 0.3) is 0 Å². The van der Waals surface area contributed by atoms with E-state index < -0.39 is 11.5 Å². The summed E-state index contributed by atoms with van der Waals surface area (Å²) in [5.74, 6) is -1.12. The fourth-order valence-electron chi connectivity index (χ4n) is 1.85. The summed E-state index contributed by atoms with van der Waals surface area (Å²) in [4.78, 5) is 36.7. The molecule has 1 fully saturated rings. The van der Waals surface area contributed by atoms with Gasteiger partial charge in [-0.3, -0.25) is 14.4 Å². The van der Waals surface area contributed by atoms with Gasteiger partial charge in [-0.05, 0) is 6.42 Å². The molecule has 8 heteroatoms. The molecule has 19 heavy (non-hydrogen) atoms. The third-order valence-corrected chi connectivity index (χ3v) is 3.65. The Kier molecular flexibility index (Phi) is 4.20. The van der Waals surface area contributed by atoms with Crippen molar-refractivity contribution in [2.45, 2.75) is 30.6 Å². The summed E-state index contributed by atoms with van der Waals surface area (Å²) in [5.41, 5.74) is -0.403. The lowest BCUT2D eigenvalue weighted by Crippen LogP contribution is -2.30. The van der Waals surface area contributed by atoms with Gasteiger partial charge in [-0.1, -0.05) is 11.8 Å². The van der Waals surface area contributed by atoms with Crippen molar-refractivity contribution in [1.82, 2.24) is 14.9 Å². The molecule has 1 unspecified atom stereocenters. The van der Waals surface area contributed by atoms with Gasteiger partial charge in [0.15, 0.2) is 5.16 Å². The van der Waals surface area contributed by atoms with Crippen molar-refractivity contribution in [3.63, 3.8) is 0 Å². The number of carbonyl (C=O) groups excluding carboxylic acids is 1.